The first-order valence-corrected chi connectivity index (χ1v) is 8.86. The maximum absolute atomic E-state index is 11.8. The molecule has 118 valence electrons. The second-order valence-electron chi connectivity index (χ2n) is 5.35. The summed E-state index contributed by atoms with van der Waals surface area (Å²) in [4.78, 5) is 1.71. The first kappa shape index (κ1) is 14.6. The van der Waals surface area contributed by atoms with Gasteiger partial charge in [-0.2, -0.15) is 4.80 Å². The van der Waals surface area contributed by atoms with Crippen LogP contribution in [-0.2, 0) is 9.84 Å². The topological polar surface area (TPSA) is 64.8 Å². The summed E-state index contributed by atoms with van der Waals surface area (Å²) in [6.45, 7) is 3.33. The van der Waals surface area contributed by atoms with Gasteiger partial charge in [0.2, 0.25) is 0 Å². The maximum atomic E-state index is 11.8. The Morgan fingerprint density at radius 1 is 0.917 bits per heavy atom. The van der Waals surface area contributed by atoms with Crippen molar-refractivity contribution < 1.29 is 8.42 Å². The molecule has 5 nitrogen and oxygen atoms in total. The van der Waals surface area contributed by atoms with Crippen LogP contribution >= 0.6 is 0 Å². The average molecular weight is 335 g/mol. The Hall–Kier alpha value is -2.99. The number of rotatable bonds is 3. The zero-order valence-corrected chi connectivity index (χ0v) is 13.4. The third-order valence-corrected chi connectivity index (χ3v) is 5.26. The molecule has 1 heterocycles. The van der Waals surface area contributed by atoms with Crippen molar-refractivity contribution in [3.63, 3.8) is 0 Å². The first-order chi connectivity index (χ1) is 11.6. The third kappa shape index (κ3) is 2.28. The number of hydrogen-bond donors (Lipinski definition) is 0. The monoisotopic (exact) mass is 335 g/mol. The highest BCUT2D eigenvalue weighted by atomic mass is 32.2. The van der Waals surface area contributed by atoms with E-state index in [9.17, 15) is 8.42 Å². The van der Waals surface area contributed by atoms with Crippen molar-refractivity contribution in [2.45, 2.75) is 4.90 Å². The van der Waals surface area contributed by atoms with Crippen molar-refractivity contribution >= 4 is 31.6 Å². The summed E-state index contributed by atoms with van der Waals surface area (Å²) in [5.41, 5.74) is 2.30. The molecule has 4 aromatic rings. The molecule has 0 atom stereocenters. The molecule has 0 saturated carbocycles. The second kappa shape index (κ2) is 5.28. The Labute approximate surface area is 138 Å². The highest BCUT2D eigenvalue weighted by molar-refractivity contribution is 7.94. The van der Waals surface area contributed by atoms with E-state index in [1.165, 1.54) is 16.9 Å². The van der Waals surface area contributed by atoms with E-state index in [4.69, 9.17) is 0 Å². The molecular weight excluding hydrogens is 322 g/mol. The lowest BCUT2D eigenvalue weighted by Crippen LogP contribution is -2.00. The molecule has 0 N–H and O–H groups in total. The van der Waals surface area contributed by atoms with Crippen molar-refractivity contribution in [2.75, 3.05) is 0 Å². The zero-order valence-electron chi connectivity index (χ0n) is 12.6. The van der Waals surface area contributed by atoms with Crippen molar-refractivity contribution in [3.8, 4) is 5.69 Å². The molecule has 0 unspecified atom stereocenters. The molecule has 0 amide bonds. The lowest BCUT2D eigenvalue weighted by Gasteiger charge is -2.01. The Balaban J connectivity index is 1.85. The van der Waals surface area contributed by atoms with Crippen LogP contribution in [0.25, 0.3) is 27.5 Å². The van der Waals surface area contributed by atoms with E-state index < -0.39 is 9.84 Å². The molecule has 1 aromatic heterocycles. The van der Waals surface area contributed by atoms with Gasteiger partial charge in [-0.25, -0.2) is 8.42 Å². The van der Waals surface area contributed by atoms with Crippen molar-refractivity contribution in [1.29, 1.82) is 0 Å². The molecule has 0 spiro atoms. The fourth-order valence-electron chi connectivity index (χ4n) is 2.63. The van der Waals surface area contributed by atoms with E-state index in [1.807, 2.05) is 36.4 Å². The minimum Gasteiger partial charge on any atom is -0.219 e. The summed E-state index contributed by atoms with van der Waals surface area (Å²) in [7, 11) is -3.44. The summed E-state index contributed by atoms with van der Waals surface area (Å²) < 4.78 is 23.6. The molecule has 0 radical (unpaired) electrons. The quantitative estimate of drug-likeness (QED) is 0.575. The number of sulfone groups is 1. The summed E-state index contributed by atoms with van der Waals surface area (Å²) in [5, 5.41) is 12.1. The SMILES string of the molecule is C=CS(=O)(=O)c1ccc(-n2nc3ccc4ccccc4c3n2)cc1. The predicted octanol–water partition coefficient (Wildman–Crippen LogP) is 3.49. The van der Waals surface area contributed by atoms with Crippen LogP contribution in [0.3, 0.4) is 0 Å². The van der Waals surface area contributed by atoms with E-state index >= 15 is 0 Å². The third-order valence-electron chi connectivity index (χ3n) is 3.89. The van der Waals surface area contributed by atoms with Crippen LogP contribution in [0.4, 0.5) is 0 Å². The lowest BCUT2D eigenvalue weighted by atomic mass is 10.1. The molecule has 3 aromatic carbocycles. The molecule has 0 aliphatic carbocycles. The zero-order chi connectivity index (χ0) is 16.7. The van der Waals surface area contributed by atoms with Crippen LogP contribution in [0.2, 0.25) is 0 Å². The summed E-state index contributed by atoms with van der Waals surface area (Å²) in [5.74, 6) is 0. The van der Waals surface area contributed by atoms with Gasteiger partial charge in [0.1, 0.15) is 11.0 Å². The predicted molar refractivity (Wildman–Crippen MR) is 93.8 cm³/mol. The molecule has 4 rings (SSSR count). The van der Waals surface area contributed by atoms with Crippen LogP contribution in [0.5, 0.6) is 0 Å². The molecule has 0 saturated heterocycles. The van der Waals surface area contributed by atoms with Gasteiger partial charge in [0.25, 0.3) is 0 Å². The summed E-state index contributed by atoms with van der Waals surface area (Å²) in [6, 6.07) is 18.3. The fourth-order valence-corrected chi connectivity index (χ4v) is 3.34. The van der Waals surface area contributed by atoms with Crippen molar-refractivity contribution in [2.24, 2.45) is 0 Å². The molecular formula is C18H13N3O2S. The smallest absolute Gasteiger partial charge is 0.199 e. The highest BCUT2D eigenvalue weighted by Crippen LogP contribution is 2.23. The number of hydrogen-bond acceptors (Lipinski definition) is 4. The molecule has 6 heteroatoms. The van der Waals surface area contributed by atoms with Crippen LogP contribution < -0.4 is 0 Å². The number of benzene rings is 3. The van der Waals surface area contributed by atoms with Gasteiger partial charge in [0.15, 0.2) is 9.84 Å². The van der Waals surface area contributed by atoms with E-state index in [2.05, 4.69) is 16.8 Å². The van der Waals surface area contributed by atoms with E-state index in [1.54, 1.807) is 12.1 Å². The standard InChI is InChI=1S/C18H13N3O2S/c1-2-24(22,23)15-10-8-14(9-11-15)21-19-17-12-7-13-5-3-4-6-16(13)18(17)20-21/h2-12H,1H2. The normalized spacial score (nSPS) is 11.8. The van der Waals surface area contributed by atoms with Crippen molar-refractivity contribution in [1.82, 2.24) is 15.0 Å². The Morgan fingerprint density at radius 2 is 1.67 bits per heavy atom. The average Bonchev–Trinajstić information content (AvgIpc) is 3.06. The first-order valence-electron chi connectivity index (χ1n) is 7.31. The van der Waals surface area contributed by atoms with Gasteiger partial charge < -0.3 is 0 Å². The molecule has 0 aliphatic rings. The van der Waals surface area contributed by atoms with E-state index in [0.717, 1.165) is 27.2 Å². The number of nitrogens with zero attached hydrogens (tertiary/aromatic N) is 3. The lowest BCUT2D eigenvalue weighted by molar-refractivity contribution is 0.604. The van der Waals surface area contributed by atoms with Gasteiger partial charge in [-0.1, -0.05) is 36.9 Å². The van der Waals surface area contributed by atoms with Gasteiger partial charge in [0, 0.05) is 10.8 Å². The molecule has 0 bridgehead atoms. The van der Waals surface area contributed by atoms with Gasteiger partial charge >= 0.3 is 0 Å². The Bertz CT molecular complexity index is 1180. The van der Waals surface area contributed by atoms with E-state index in [-0.39, 0.29) is 4.90 Å². The van der Waals surface area contributed by atoms with Gasteiger partial charge in [-0.15, -0.1) is 10.2 Å². The van der Waals surface area contributed by atoms with Crippen LogP contribution in [0.1, 0.15) is 0 Å². The highest BCUT2D eigenvalue weighted by Gasteiger charge is 2.11. The Morgan fingerprint density at radius 3 is 2.42 bits per heavy atom. The number of fused-ring (bicyclic) bond motifs is 3. The molecule has 0 fully saturated rings. The van der Waals surface area contributed by atoms with Crippen LogP contribution in [0, 0.1) is 0 Å². The van der Waals surface area contributed by atoms with E-state index in [0.29, 0.717) is 5.69 Å². The van der Waals surface area contributed by atoms with Crippen LogP contribution in [-0.4, -0.2) is 23.4 Å². The Kier molecular flexibility index (Phi) is 3.21. The number of aromatic nitrogens is 3. The summed E-state index contributed by atoms with van der Waals surface area (Å²) >= 11 is 0. The second-order valence-corrected chi connectivity index (χ2v) is 7.24. The largest absolute Gasteiger partial charge is 0.219 e. The molecule has 24 heavy (non-hydrogen) atoms. The minimum atomic E-state index is -3.44. The van der Waals surface area contributed by atoms with Gasteiger partial charge in [-0.05, 0) is 35.7 Å². The van der Waals surface area contributed by atoms with Gasteiger partial charge in [0.05, 0.1) is 10.6 Å². The maximum Gasteiger partial charge on any atom is 0.199 e. The van der Waals surface area contributed by atoms with Gasteiger partial charge in [-0.3, -0.25) is 0 Å². The molecule has 0 aliphatic heterocycles. The minimum absolute atomic E-state index is 0.198. The fraction of sp³-hybridized carbons (Fsp3) is 0. The van der Waals surface area contributed by atoms with Crippen LogP contribution in [0.15, 0.2) is 77.5 Å². The summed E-state index contributed by atoms with van der Waals surface area (Å²) in [6.07, 6.45) is 0. The van der Waals surface area contributed by atoms with Crippen molar-refractivity contribution in [3.05, 3.63) is 72.7 Å².